The molecule has 0 saturated carbocycles. The predicted octanol–water partition coefficient (Wildman–Crippen LogP) is 3.60. The minimum atomic E-state index is -0.898. The fourth-order valence-corrected chi connectivity index (χ4v) is 3.21. The maximum absolute atomic E-state index is 12.6. The fourth-order valence-electron chi connectivity index (χ4n) is 2.72. The summed E-state index contributed by atoms with van der Waals surface area (Å²) in [6.07, 6.45) is 0.470. The molecule has 1 unspecified atom stereocenters. The number of benzene rings is 1. The Morgan fingerprint density at radius 3 is 2.67 bits per heavy atom. The van der Waals surface area contributed by atoms with Crippen LogP contribution < -0.4 is 0 Å². The quantitative estimate of drug-likeness (QED) is 0.878. The highest BCUT2D eigenvalue weighted by atomic mass is 35.5. The number of aliphatic carboxylic acids is 1. The zero-order valence-electron chi connectivity index (χ0n) is 10.8. The molecular formula is C15H11Cl2NO3. The number of carboxylic acid groups (broad SMARTS) is 1. The Labute approximate surface area is 130 Å². The van der Waals surface area contributed by atoms with Crippen LogP contribution in [0.3, 0.4) is 0 Å². The van der Waals surface area contributed by atoms with Crippen molar-refractivity contribution >= 4 is 35.0 Å². The van der Waals surface area contributed by atoms with Crippen molar-refractivity contribution in [1.29, 1.82) is 0 Å². The second kappa shape index (κ2) is 5.20. The average molecular weight is 324 g/mol. The van der Waals surface area contributed by atoms with E-state index in [0.717, 1.165) is 0 Å². The van der Waals surface area contributed by atoms with E-state index in [9.17, 15) is 14.7 Å². The lowest BCUT2D eigenvalue weighted by atomic mass is 10.1. The SMILES string of the molecule is O=C(c1cccc(Cl)c1)c1c(Cl)cc2n1CCC2C(=O)O. The van der Waals surface area contributed by atoms with Crippen molar-refractivity contribution in [3.8, 4) is 0 Å². The molecule has 1 atom stereocenters. The van der Waals surface area contributed by atoms with E-state index in [0.29, 0.717) is 34.9 Å². The van der Waals surface area contributed by atoms with Crippen molar-refractivity contribution < 1.29 is 14.7 Å². The molecule has 2 aromatic rings. The average Bonchev–Trinajstić information content (AvgIpc) is 2.95. The molecule has 4 nitrogen and oxygen atoms in total. The Bertz CT molecular complexity index is 751. The number of ketones is 1. The van der Waals surface area contributed by atoms with Crippen LogP contribution >= 0.6 is 23.2 Å². The van der Waals surface area contributed by atoms with Crippen molar-refractivity contribution in [2.45, 2.75) is 18.9 Å². The number of carboxylic acids is 1. The van der Waals surface area contributed by atoms with E-state index in [1.165, 1.54) is 0 Å². The summed E-state index contributed by atoms with van der Waals surface area (Å²) in [5.74, 6) is -1.76. The van der Waals surface area contributed by atoms with E-state index in [1.54, 1.807) is 34.9 Å². The van der Waals surface area contributed by atoms with Crippen molar-refractivity contribution in [2.75, 3.05) is 0 Å². The smallest absolute Gasteiger partial charge is 0.312 e. The molecule has 108 valence electrons. The summed E-state index contributed by atoms with van der Waals surface area (Å²) in [6, 6.07) is 8.18. The number of carbonyl (C=O) groups excluding carboxylic acids is 1. The van der Waals surface area contributed by atoms with Gasteiger partial charge in [-0.25, -0.2) is 0 Å². The van der Waals surface area contributed by atoms with Crippen molar-refractivity contribution in [3.63, 3.8) is 0 Å². The lowest BCUT2D eigenvalue weighted by molar-refractivity contribution is -0.138. The molecule has 1 aromatic heterocycles. The van der Waals surface area contributed by atoms with Gasteiger partial charge in [0.2, 0.25) is 5.78 Å². The number of fused-ring (bicyclic) bond motifs is 1. The number of aromatic nitrogens is 1. The number of halogens is 2. The molecule has 0 radical (unpaired) electrons. The molecule has 21 heavy (non-hydrogen) atoms. The van der Waals surface area contributed by atoms with E-state index in [1.807, 2.05) is 0 Å². The molecule has 0 aliphatic carbocycles. The molecule has 1 aliphatic heterocycles. The van der Waals surface area contributed by atoms with Crippen LogP contribution in [0.5, 0.6) is 0 Å². The lowest BCUT2D eigenvalue weighted by Gasteiger charge is -2.06. The van der Waals surface area contributed by atoms with Crippen LogP contribution in [0.4, 0.5) is 0 Å². The third-order valence-corrected chi connectivity index (χ3v) is 4.20. The third-order valence-electron chi connectivity index (χ3n) is 3.68. The Morgan fingerprint density at radius 1 is 1.24 bits per heavy atom. The van der Waals surface area contributed by atoms with Gasteiger partial charge in [-0.3, -0.25) is 9.59 Å². The van der Waals surface area contributed by atoms with Crippen LogP contribution in [0.15, 0.2) is 30.3 Å². The van der Waals surface area contributed by atoms with Crippen LogP contribution in [0, 0.1) is 0 Å². The second-order valence-electron chi connectivity index (χ2n) is 4.94. The first-order valence-corrected chi connectivity index (χ1v) is 7.16. The van der Waals surface area contributed by atoms with Gasteiger partial charge in [-0.2, -0.15) is 0 Å². The molecule has 0 amide bonds. The molecule has 0 bridgehead atoms. The lowest BCUT2D eigenvalue weighted by Crippen LogP contribution is -2.10. The minimum Gasteiger partial charge on any atom is -0.481 e. The molecule has 0 spiro atoms. The van der Waals surface area contributed by atoms with Gasteiger partial charge in [0.1, 0.15) is 5.69 Å². The van der Waals surface area contributed by atoms with Crippen LogP contribution in [-0.4, -0.2) is 21.4 Å². The molecule has 0 saturated heterocycles. The molecule has 1 aliphatic rings. The van der Waals surface area contributed by atoms with Gasteiger partial charge >= 0.3 is 5.97 Å². The zero-order valence-corrected chi connectivity index (χ0v) is 12.4. The summed E-state index contributed by atoms with van der Waals surface area (Å²) in [5, 5.41) is 9.94. The van der Waals surface area contributed by atoms with Crippen LogP contribution in [0.25, 0.3) is 0 Å². The molecule has 1 aromatic carbocycles. The van der Waals surface area contributed by atoms with Gasteiger partial charge in [-0.1, -0.05) is 35.3 Å². The number of hydrogen-bond acceptors (Lipinski definition) is 2. The highest BCUT2D eigenvalue weighted by molar-refractivity contribution is 6.35. The fraction of sp³-hybridized carbons (Fsp3) is 0.200. The first kappa shape index (κ1) is 14.2. The summed E-state index contributed by atoms with van der Waals surface area (Å²) in [5.41, 5.74) is 1.35. The summed E-state index contributed by atoms with van der Waals surface area (Å²) in [7, 11) is 0. The molecule has 0 fully saturated rings. The van der Waals surface area contributed by atoms with Crippen molar-refractivity contribution in [3.05, 3.63) is 57.3 Å². The Morgan fingerprint density at radius 2 is 2.00 bits per heavy atom. The van der Waals surface area contributed by atoms with Gasteiger partial charge in [0, 0.05) is 22.8 Å². The van der Waals surface area contributed by atoms with E-state index < -0.39 is 11.9 Å². The number of nitrogens with zero attached hydrogens (tertiary/aromatic N) is 1. The normalized spacial score (nSPS) is 16.8. The Balaban J connectivity index is 2.07. The summed E-state index contributed by atoms with van der Waals surface area (Å²) in [4.78, 5) is 23.8. The first-order chi connectivity index (χ1) is 9.99. The molecule has 3 rings (SSSR count). The third kappa shape index (κ3) is 2.34. The van der Waals surface area contributed by atoms with Crippen molar-refractivity contribution in [2.24, 2.45) is 0 Å². The highest BCUT2D eigenvalue weighted by Gasteiger charge is 2.33. The summed E-state index contributed by atoms with van der Waals surface area (Å²) < 4.78 is 1.70. The molecule has 6 heteroatoms. The number of rotatable bonds is 3. The second-order valence-corrected chi connectivity index (χ2v) is 5.78. The summed E-state index contributed by atoms with van der Waals surface area (Å²) in [6.45, 7) is 0.473. The van der Waals surface area contributed by atoms with E-state index in [4.69, 9.17) is 23.2 Å². The van der Waals surface area contributed by atoms with Crippen LogP contribution in [-0.2, 0) is 11.3 Å². The minimum absolute atomic E-state index is 0.250. The maximum Gasteiger partial charge on any atom is 0.312 e. The van der Waals surface area contributed by atoms with E-state index >= 15 is 0 Å². The highest BCUT2D eigenvalue weighted by Crippen LogP contribution is 2.36. The Hall–Kier alpha value is -1.78. The molecular weight excluding hydrogens is 313 g/mol. The monoisotopic (exact) mass is 323 g/mol. The molecule has 2 heterocycles. The predicted molar refractivity (Wildman–Crippen MR) is 79.3 cm³/mol. The molecule has 1 N–H and O–H groups in total. The van der Waals surface area contributed by atoms with Crippen LogP contribution in [0.1, 0.15) is 34.1 Å². The Kier molecular flexibility index (Phi) is 3.51. The number of carbonyl (C=O) groups is 2. The number of hydrogen-bond donors (Lipinski definition) is 1. The van der Waals surface area contributed by atoms with E-state index in [2.05, 4.69) is 0 Å². The van der Waals surface area contributed by atoms with Gasteiger partial charge in [0.05, 0.1) is 10.9 Å². The van der Waals surface area contributed by atoms with Gasteiger partial charge in [-0.05, 0) is 24.6 Å². The summed E-state index contributed by atoms with van der Waals surface area (Å²) >= 11 is 12.1. The van der Waals surface area contributed by atoms with Gasteiger partial charge in [-0.15, -0.1) is 0 Å². The standard InChI is InChI=1S/C15H11Cl2NO3/c16-9-3-1-2-8(6-9)14(19)13-11(17)7-12-10(15(20)21)4-5-18(12)13/h1-3,6-7,10H,4-5H2,(H,20,21). The van der Waals surface area contributed by atoms with Gasteiger partial charge in [0.25, 0.3) is 0 Å². The van der Waals surface area contributed by atoms with E-state index in [-0.39, 0.29) is 10.8 Å². The van der Waals surface area contributed by atoms with Crippen LogP contribution in [0.2, 0.25) is 10.0 Å². The van der Waals surface area contributed by atoms with Gasteiger partial charge < -0.3 is 9.67 Å². The zero-order chi connectivity index (χ0) is 15.1. The largest absolute Gasteiger partial charge is 0.481 e. The topological polar surface area (TPSA) is 59.3 Å². The first-order valence-electron chi connectivity index (χ1n) is 6.41. The maximum atomic E-state index is 12.6. The van der Waals surface area contributed by atoms with Crippen molar-refractivity contribution in [1.82, 2.24) is 4.57 Å². The van der Waals surface area contributed by atoms with Gasteiger partial charge in [0.15, 0.2) is 0 Å².